The summed E-state index contributed by atoms with van der Waals surface area (Å²) in [5, 5.41) is 3.14. The number of hydrogen-bond donors (Lipinski definition) is 1. The number of carbonyl (C=O) groups is 1. The fourth-order valence-corrected chi connectivity index (χ4v) is 2.09. The van der Waals surface area contributed by atoms with Crippen molar-refractivity contribution in [3.63, 3.8) is 0 Å². The molecule has 1 aromatic rings. The highest BCUT2D eigenvalue weighted by Crippen LogP contribution is 2.17. The quantitative estimate of drug-likeness (QED) is 0.882. The summed E-state index contributed by atoms with van der Waals surface area (Å²) in [5.74, 6) is 1.25. The summed E-state index contributed by atoms with van der Waals surface area (Å²) in [6.07, 6.45) is 5.29. The van der Waals surface area contributed by atoms with E-state index in [0.29, 0.717) is 17.4 Å². The Kier molecular flexibility index (Phi) is 4.12. The van der Waals surface area contributed by atoms with Crippen LogP contribution in [0.4, 0.5) is 5.82 Å². The normalized spacial score (nSPS) is 19.0. The number of likely N-dealkylation sites (tertiary alicyclic amines) is 1. The van der Waals surface area contributed by atoms with E-state index in [-0.39, 0.29) is 5.91 Å². The van der Waals surface area contributed by atoms with Gasteiger partial charge in [0.25, 0.3) is 5.91 Å². The maximum absolute atomic E-state index is 12.2. The maximum Gasteiger partial charge on any atom is 0.274 e. The largest absolute Gasteiger partial charge is 0.369 e. The topological polar surface area (TPSA) is 58.1 Å². The van der Waals surface area contributed by atoms with Crippen LogP contribution in [0.5, 0.6) is 0 Å². The van der Waals surface area contributed by atoms with Crippen molar-refractivity contribution < 1.29 is 4.79 Å². The number of nitrogens with zero attached hydrogens (tertiary/aromatic N) is 3. The summed E-state index contributed by atoms with van der Waals surface area (Å²) in [6, 6.07) is 0. The van der Waals surface area contributed by atoms with Crippen LogP contribution in [0.15, 0.2) is 12.4 Å². The lowest BCUT2D eigenvalue weighted by atomic mass is 10.2. The van der Waals surface area contributed by atoms with Gasteiger partial charge in [0.2, 0.25) is 0 Å². The van der Waals surface area contributed by atoms with E-state index in [1.165, 1.54) is 0 Å². The van der Waals surface area contributed by atoms with Gasteiger partial charge in [0.05, 0.1) is 12.4 Å². The zero-order valence-electron chi connectivity index (χ0n) is 11.0. The summed E-state index contributed by atoms with van der Waals surface area (Å²) in [6.45, 7) is 6.74. The Hall–Kier alpha value is -1.65. The molecule has 0 bridgehead atoms. The van der Waals surface area contributed by atoms with Gasteiger partial charge in [-0.3, -0.25) is 9.78 Å². The molecule has 0 aromatic carbocycles. The van der Waals surface area contributed by atoms with Crippen LogP contribution in [0, 0.1) is 5.92 Å². The van der Waals surface area contributed by atoms with Gasteiger partial charge >= 0.3 is 0 Å². The zero-order chi connectivity index (χ0) is 13.0. The van der Waals surface area contributed by atoms with E-state index in [0.717, 1.165) is 32.5 Å². The van der Waals surface area contributed by atoms with Crippen molar-refractivity contribution in [2.75, 3.05) is 25.0 Å². The van der Waals surface area contributed by atoms with E-state index in [2.05, 4.69) is 29.1 Å². The van der Waals surface area contributed by atoms with Crippen LogP contribution in [-0.4, -0.2) is 40.4 Å². The van der Waals surface area contributed by atoms with Gasteiger partial charge in [-0.2, -0.15) is 0 Å². The van der Waals surface area contributed by atoms with Gasteiger partial charge in [-0.25, -0.2) is 4.98 Å². The Morgan fingerprint density at radius 1 is 1.56 bits per heavy atom. The van der Waals surface area contributed by atoms with Gasteiger partial charge in [0, 0.05) is 19.6 Å². The predicted molar refractivity (Wildman–Crippen MR) is 70.5 cm³/mol. The molecule has 1 unspecified atom stereocenters. The molecular weight excluding hydrogens is 228 g/mol. The molecule has 1 fully saturated rings. The van der Waals surface area contributed by atoms with E-state index >= 15 is 0 Å². The molecule has 5 heteroatoms. The molecule has 0 spiro atoms. The van der Waals surface area contributed by atoms with Crippen molar-refractivity contribution in [2.24, 2.45) is 5.92 Å². The second-order valence-electron chi connectivity index (χ2n) is 4.86. The Balaban J connectivity index is 2.05. The van der Waals surface area contributed by atoms with Crippen LogP contribution in [0.3, 0.4) is 0 Å². The zero-order valence-corrected chi connectivity index (χ0v) is 11.0. The highest BCUT2D eigenvalue weighted by atomic mass is 16.2. The lowest BCUT2D eigenvalue weighted by molar-refractivity contribution is 0.0782. The molecule has 2 rings (SSSR count). The van der Waals surface area contributed by atoms with Gasteiger partial charge in [-0.05, 0) is 18.8 Å². The molecule has 1 atom stereocenters. The monoisotopic (exact) mass is 248 g/mol. The minimum Gasteiger partial charge on any atom is -0.369 e. The number of rotatable bonds is 4. The summed E-state index contributed by atoms with van der Waals surface area (Å²) in [4.78, 5) is 22.5. The molecule has 0 aliphatic carbocycles. The van der Waals surface area contributed by atoms with Crippen molar-refractivity contribution in [2.45, 2.75) is 26.7 Å². The molecule has 1 aromatic heterocycles. The molecule has 18 heavy (non-hydrogen) atoms. The molecule has 1 aliphatic rings. The fourth-order valence-electron chi connectivity index (χ4n) is 2.09. The first kappa shape index (κ1) is 12.8. The number of amides is 1. The van der Waals surface area contributed by atoms with Crippen LogP contribution in [0.25, 0.3) is 0 Å². The van der Waals surface area contributed by atoms with E-state index in [9.17, 15) is 4.79 Å². The van der Waals surface area contributed by atoms with E-state index < -0.39 is 0 Å². The molecule has 1 N–H and O–H groups in total. The number of carbonyl (C=O) groups excluding carboxylic acids is 1. The fraction of sp³-hybridized carbons (Fsp3) is 0.615. The Morgan fingerprint density at radius 2 is 2.39 bits per heavy atom. The van der Waals surface area contributed by atoms with Crippen molar-refractivity contribution in [3.8, 4) is 0 Å². The van der Waals surface area contributed by atoms with Crippen molar-refractivity contribution in [1.29, 1.82) is 0 Å². The van der Waals surface area contributed by atoms with Crippen LogP contribution in [0.1, 0.15) is 37.2 Å². The Morgan fingerprint density at radius 3 is 3.06 bits per heavy atom. The smallest absolute Gasteiger partial charge is 0.274 e. The summed E-state index contributed by atoms with van der Waals surface area (Å²) >= 11 is 0. The first-order chi connectivity index (χ1) is 8.70. The second kappa shape index (κ2) is 5.80. The minimum absolute atomic E-state index is 0.00741. The SMILES string of the molecule is CCCNc1cncc(C(=O)N2CCC(C)C2)n1. The van der Waals surface area contributed by atoms with Crippen LogP contribution < -0.4 is 5.32 Å². The third-order valence-corrected chi connectivity index (χ3v) is 3.12. The molecule has 1 saturated heterocycles. The average Bonchev–Trinajstić information content (AvgIpc) is 2.82. The summed E-state index contributed by atoms with van der Waals surface area (Å²) < 4.78 is 0. The molecule has 5 nitrogen and oxygen atoms in total. The first-order valence-corrected chi connectivity index (χ1v) is 6.56. The predicted octanol–water partition coefficient (Wildman–Crippen LogP) is 1.78. The van der Waals surface area contributed by atoms with E-state index in [4.69, 9.17) is 0 Å². The Bertz CT molecular complexity index is 421. The maximum atomic E-state index is 12.2. The molecule has 1 amide bonds. The number of nitrogens with one attached hydrogen (secondary N) is 1. The van der Waals surface area contributed by atoms with Gasteiger partial charge in [-0.1, -0.05) is 13.8 Å². The number of aromatic nitrogens is 2. The summed E-state index contributed by atoms with van der Waals surface area (Å²) in [7, 11) is 0. The molecule has 2 heterocycles. The highest BCUT2D eigenvalue weighted by Gasteiger charge is 2.25. The van der Waals surface area contributed by atoms with Crippen molar-refractivity contribution in [1.82, 2.24) is 14.9 Å². The standard InChI is InChI=1S/C13H20N4O/c1-3-5-15-12-8-14-7-11(16-12)13(18)17-6-4-10(2)9-17/h7-8,10H,3-6,9H2,1-2H3,(H,15,16). The molecule has 0 saturated carbocycles. The number of anilines is 1. The summed E-state index contributed by atoms with van der Waals surface area (Å²) in [5.41, 5.74) is 0.435. The lowest BCUT2D eigenvalue weighted by Gasteiger charge is -2.15. The van der Waals surface area contributed by atoms with Crippen molar-refractivity contribution >= 4 is 11.7 Å². The Labute approximate surface area is 108 Å². The average molecular weight is 248 g/mol. The minimum atomic E-state index is -0.00741. The van der Waals surface area contributed by atoms with E-state index in [1.807, 2.05) is 4.90 Å². The van der Waals surface area contributed by atoms with Crippen LogP contribution in [-0.2, 0) is 0 Å². The third-order valence-electron chi connectivity index (χ3n) is 3.12. The van der Waals surface area contributed by atoms with E-state index in [1.54, 1.807) is 12.4 Å². The van der Waals surface area contributed by atoms with Gasteiger partial charge < -0.3 is 10.2 Å². The lowest BCUT2D eigenvalue weighted by Crippen LogP contribution is -2.29. The molecular formula is C13H20N4O. The van der Waals surface area contributed by atoms with Gasteiger partial charge in [0.1, 0.15) is 11.5 Å². The van der Waals surface area contributed by atoms with Crippen LogP contribution >= 0.6 is 0 Å². The number of hydrogen-bond acceptors (Lipinski definition) is 4. The van der Waals surface area contributed by atoms with Crippen molar-refractivity contribution in [3.05, 3.63) is 18.1 Å². The van der Waals surface area contributed by atoms with Gasteiger partial charge in [0.15, 0.2) is 0 Å². The van der Waals surface area contributed by atoms with Crippen LogP contribution in [0.2, 0.25) is 0 Å². The molecule has 0 radical (unpaired) electrons. The second-order valence-corrected chi connectivity index (χ2v) is 4.86. The molecule has 98 valence electrons. The highest BCUT2D eigenvalue weighted by molar-refractivity contribution is 5.92. The third kappa shape index (κ3) is 2.97. The van der Waals surface area contributed by atoms with Gasteiger partial charge in [-0.15, -0.1) is 0 Å². The first-order valence-electron chi connectivity index (χ1n) is 6.56. The molecule has 1 aliphatic heterocycles.